The molecule has 0 fully saturated rings. The van der Waals surface area contributed by atoms with Crippen molar-refractivity contribution in [2.75, 3.05) is 19.6 Å². The highest BCUT2D eigenvalue weighted by Crippen LogP contribution is 2.17. The maximum atomic E-state index is 13.1. The van der Waals surface area contributed by atoms with E-state index in [4.69, 9.17) is 0 Å². The van der Waals surface area contributed by atoms with Gasteiger partial charge in [0.25, 0.3) is 5.91 Å². The van der Waals surface area contributed by atoms with Gasteiger partial charge in [-0.05, 0) is 48.0 Å². The van der Waals surface area contributed by atoms with E-state index in [1.165, 1.54) is 12.1 Å². The Balaban J connectivity index is 2.65. The van der Waals surface area contributed by atoms with Crippen molar-refractivity contribution < 1.29 is 14.0 Å². The fourth-order valence-corrected chi connectivity index (χ4v) is 2.04. The molecule has 0 saturated heterocycles. The smallest absolute Gasteiger partial charge is 0.252 e. The first-order valence-corrected chi connectivity index (χ1v) is 6.79. The molecular formula is C13H16BrFN2O2. The van der Waals surface area contributed by atoms with Crippen LogP contribution in [0.5, 0.6) is 0 Å². The van der Waals surface area contributed by atoms with Crippen molar-refractivity contribution in [3.05, 3.63) is 34.1 Å². The van der Waals surface area contributed by atoms with E-state index >= 15 is 0 Å². The molecular weight excluding hydrogens is 315 g/mol. The van der Waals surface area contributed by atoms with Gasteiger partial charge in [-0.1, -0.05) is 0 Å². The monoisotopic (exact) mass is 330 g/mol. The zero-order chi connectivity index (χ0) is 14.4. The molecule has 0 spiro atoms. The van der Waals surface area contributed by atoms with Gasteiger partial charge in [-0.15, -0.1) is 0 Å². The van der Waals surface area contributed by atoms with Crippen LogP contribution in [0.1, 0.15) is 24.2 Å². The molecule has 1 rings (SSSR count). The van der Waals surface area contributed by atoms with E-state index in [-0.39, 0.29) is 18.0 Å². The largest absolute Gasteiger partial charge is 0.343 e. The minimum absolute atomic E-state index is 0.0938. The second-order valence-electron chi connectivity index (χ2n) is 3.87. The van der Waals surface area contributed by atoms with Crippen molar-refractivity contribution in [3.63, 3.8) is 0 Å². The molecule has 0 unspecified atom stereocenters. The fraction of sp³-hybridized carbons (Fsp3) is 0.385. The second-order valence-corrected chi connectivity index (χ2v) is 4.73. The first-order valence-electron chi connectivity index (χ1n) is 6.00. The fourth-order valence-electron chi connectivity index (χ4n) is 1.61. The summed E-state index contributed by atoms with van der Waals surface area (Å²) in [5.74, 6) is -1.14. The molecule has 19 heavy (non-hydrogen) atoms. The van der Waals surface area contributed by atoms with E-state index in [9.17, 15) is 14.0 Å². The highest BCUT2D eigenvalue weighted by Gasteiger charge is 2.14. The predicted molar refractivity (Wildman–Crippen MR) is 74.4 cm³/mol. The highest BCUT2D eigenvalue weighted by molar-refractivity contribution is 9.10. The summed E-state index contributed by atoms with van der Waals surface area (Å²) in [5, 5.41) is 2.49. The minimum Gasteiger partial charge on any atom is -0.343 e. The predicted octanol–water partition coefficient (Wildman–Crippen LogP) is 2.19. The van der Waals surface area contributed by atoms with Gasteiger partial charge in [0.1, 0.15) is 5.82 Å². The molecule has 1 N–H and O–H groups in total. The van der Waals surface area contributed by atoms with Crippen molar-refractivity contribution in [2.24, 2.45) is 0 Å². The summed E-state index contributed by atoms with van der Waals surface area (Å²) in [6.07, 6.45) is 0. The molecule has 1 aromatic carbocycles. The first kappa shape index (κ1) is 15.6. The van der Waals surface area contributed by atoms with Crippen molar-refractivity contribution in [1.29, 1.82) is 0 Å². The summed E-state index contributed by atoms with van der Waals surface area (Å²) in [6, 6.07) is 3.83. The van der Waals surface area contributed by atoms with Crippen LogP contribution in [-0.4, -0.2) is 36.3 Å². The maximum absolute atomic E-state index is 13.1. The van der Waals surface area contributed by atoms with Crippen LogP contribution in [-0.2, 0) is 4.79 Å². The van der Waals surface area contributed by atoms with Crippen molar-refractivity contribution in [3.8, 4) is 0 Å². The topological polar surface area (TPSA) is 49.4 Å². The Morgan fingerprint density at radius 2 is 1.95 bits per heavy atom. The molecule has 0 saturated carbocycles. The Morgan fingerprint density at radius 1 is 1.32 bits per heavy atom. The Kier molecular flexibility index (Phi) is 5.95. The lowest BCUT2D eigenvalue weighted by molar-refractivity contribution is -0.129. The molecule has 1 aromatic rings. The maximum Gasteiger partial charge on any atom is 0.252 e. The summed E-state index contributed by atoms with van der Waals surface area (Å²) >= 11 is 3.17. The summed E-state index contributed by atoms with van der Waals surface area (Å²) < 4.78 is 13.6. The second kappa shape index (κ2) is 7.23. The van der Waals surface area contributed by atoms with Gasteiger partial charge in [0, 0.05) is 17.6 Å². The highest BCUT2D eigenvalue weighted by atomic mass is 79.9. The Hall–Kier alpha value is -1.43. The number of nitrogens with zero attached hydrogens (tertiary/aromatic N) is 1. The molecule has 104 valence electrons. The quantitative estimate of drug-likeness (QED) is 0.899. The van der Waals surface area contributed by atoms with Gasteiger partial charge in [0.15, 0.2) is 0 Å². The van der Waals surface area contributed by atoms with Gasteiger partial charge < -0.3 is 10.2 Å². The Bertz CT molecular complexity index is 476. The Labute approximate surface area is 120 Å². The molecule has 0 aliphatic heterocycles. The molecule has 6 heteroatoms. The van der Waals surface area contributed by atoms with Gasteiger partial charge in [-0.3, -0.25) is 9.59 Å². The number of carbonyl (C=O) groups excluding carboxylic acids is 2. The van der Waals surface area contributed by atoms with E-state index in [0.717, 1.165) is 6.07 Å². The number of likely N-dealkylation sites (N-methyl/N-ethyl adjacent to an activating group) is 1. The number of nitrogens with one attached hydrogen (secondary N) is 1. The average Bonchev–Trinajstić information content (AvgIpc) is 2.40. The number of hydrogen-bond donors (Lipinski definition) is 1. The first-order chi connectivity index (χ1) is 8.99. The van der Waals surface area contributed by atoms with Crippen LogP contribution in [0.25, 0.3) is 0 Å². The van der Waals surface area contributed by atoms with Crippen molar-refractivity contribution in [2.45, 2.75) is 13.8 Å². The van der Waals surface area contributed by atoms with E-state index in [1.54, 1.807) is 4.90 Å². The lowest BCUT2D eigenvalue weighted by Crippen LogP contribution is -2.40. The van der Waals surface area contributed by atoms with Gasteiger partial charge in [0.05, 0.1) is 12.1 Å². The number of hydrogen-bond acceptors (Lipinski definition) is 2. The summed E-state index contributed by atoms with van der Waals surface area (Å²) in [7, 11) is 0. The number of carbonyl (C=O) groups is 2. The molecule has 0 aliphatic carbocycles. The molecule has 0 heterocycles. The summed E-state index contributed by atoms with van der Waals surface area (Å²) in [4.78, 5) is 25.2. The molecule has 0 radical (unpaired) electrons. The normalized spacial score (nSPS) is 10.1. The number of rotatable bonds is 5. The molecule has 0 aliphatic rings. The number of benzene rings is 1. The lowest BCUT2D eigenvalue weighted by atomic mass is 10.2. The molecule has 4 nitrogen and oxygen atoms in total. The third-order valence-electron chi connectivity index (χ3n) is 2.69. The third-order valence-corrected chi connectivity index (χ3v) is 3.38. The van der Waals surface area contributed by atoms with Crippen LogP contribution in [0.4, 0.5) is 4.39 Å². The third kappa shape index (κ3) is 4.31. The van der Waals surface area contributed by atoms with Crippen molar-refractivity contribution in [1.82, 2.24) is 10.2 Å². The van der Waals surface area contributed by atoms with Crippen LogP contribution in [0.2, 0.25) is 0 Å². The average molecular weight is 331 g/mol. The van der Waals surface area contributed by atoms with Gasteiger partial charge >= 0.3 is 0 Å². The van der Waals surface area contributed by atoms with Crippen LogP contribution < -0.4 is 5.32 Å². The van der Waals surface area contributed by atoms with E-state index in [0.29, 0.717) is 17.6 Å². The standard InChI is InChI=1S/C13H16BrFN2O2/c1-3-17(4-2)12(18)8-16-13(19)10-7-9(15)5-6-11(10)14/h5-7H,3-4,8H2,1-2H3,(H,16,19). The van der Waals surface area contributed by atoms with E-state index in [1.807, 2.05) is 13.8 Å². The summed E-state index contributed by atoms with van der Waals surface area (Å²) in [5.41, 5.74) is 0.173. The van der Waals surface area contributed by atoms with E-state index < -0.39 is 11.7 Å². The van der Waals surface area contributed by atoms with Crippen LogP contribution in [0.3, 0.4) is 0 Å². The SMILES string of the molecule is CCN(CC)C(=O)CNC(=O)c1cc(F)ccc1Br. The van der Waals surface area contributed by atoms with Gasteiger partial charge in [-0.2, -0.15) is 0 Å². The number of halogens is 2. The van der Waals surface area contributed by atoms with Crippen LogP contribution >= 0.6 is 15.9 Å². The zero-order valence-corrected chi connectivity index (χ0v) is 12.5. The molecule has 0 atom stereocenters. The Morgan fingerprint density at radius 3 is 2.53 bits per heavy atom. The van der Waals surface area contributed by atoms with Gasteiger partial charge in [0.2, 0.25) is 5.91 Å². The zero-order valence-electron chi connectivity index (χ0n) is 10.9. The van der Waals surface area contributed by atoms with Gasteiger partial charge in [-0.25, -0.2) is 4.39 Å². The van der Waals surface area contributed by atoms with Crippen LogP contribution in [0.15, 0.2) is 22.7 Å². The number of amides is 2. The minimum atomic E-state index is -0.497. The van der Waals surface area contributed by atoms with Crippen LogP contribution in [0, 0.1) is 5.82 Å². The van der Waals surface area contributed by atoms with Crippen molar-refractivity contribution >= 4 is 27.7 Å². The molecule has 2 amide bonds. The summed E-state index contributed by atoms with van der Waals surface area (Å²) in [6.45, 7) is 4.83. The van der Waals surface area contributed by atoms with E-state index in [2.05, 4.69) is 21.2 Å². The lowest BCUT2D eigenvalue weighted by Gasteiger charge is -2.18. The molecule has 0 aromatic heterocycles. The molecule has 0 bridgehead atoms.